The molecule has 1 fully saturated rings. The van der Waals surface area contributed by atoms with Crippen LogP contribution >= 0.6 is 34.8 Å². The van der Waals surface area contributed by atoms with Crippen LogP contribution in [0, 0.1) is 0 Å². The Bertz CT molecular complexity index is 179. The van der Waals surface area contributed by atoms with Crippen LogP contribution < -0.4 is 0 Å². The molecule has 3 unspecified atom stereocenters. The van der Waals surface area contributed by atoms with Gasteiger partial charge in [-0.2, -0.15) is 0 Å². The third-order valence-electron chi connectivity index (χ3n) is 2.03. The Morgan fingerprint density at radius 2 is 2.00 bits per heavy atom. The highest BCUT2D eigenvalue weighted by molar-refractivity contribution is 6.46. The van der Waals surface area contributed by atoms with Crippen LogP contribution in [0.1, 0.15) is 19.8 Å². The van der Waals surface area contributed by atoms with Crippen LogP contribution in [0.15, 0.2) is 0 Å². The van der Waals surface area contributed by atoms with Gasteiger partial charge in [-0.15, -0.1) is 34.8 Å². The molecule has 1 aliphatic rings. The number of ketones is 1. The van der Waals surface area contributed by atoms with Gasteiger partial charge in [-0.05, 0) is 19.8 Å². The fraction of sp³-hybridized carbons (Fsp3) is 0.857. The Balaban J connectivity index is 2.81. The molecular formula is C7H9Cl3O. The second-order valence-electron chi connectivity index (χ2n) is 2.95. The molecule has 64 valence electrons. The predicted molar refractivity (Wildman–Crippen MR) is 47.8 cm³/mol. The van der Waals surface area contributed by atoms with Gasteiger partial charge in [-0.25, -0.2) is 0 Å². The van der Waals surface area contributed by atoms with E-state index in [-0.39, 0.29) is 11.2 Å². The van der Waals surface area contributed by atoms with Crippen molar-refractivity contribution in [3.63, 3.8) is 0 Å². The van der Waals surface area contributed by atoms with Gasteiger partial charge in [-0.3, -0.25) is 4.79 Å². The summed E-state index contributed by atoms with van der Waals surface area (Å²) in [6.07, 6.45) is 1.35. The molecule has 0 aliphatic heterocycles. The Labute approximate surface area is 81.0 Å². The summed E-state index contributed by atoms with van der Waals surface area (Å²) >= 11 is 17.5. The van der Waals surface area contributed by atoms with Crippen LogP contribution in [0.4, 0.5) is 0 Å². The highest BCUT2D eigenvalue weighted by Gasteiger charge is 2.45. The van der Waals surface area contributed by atoms with Crippen molar-refractivity contribution < 1.29 is 4.79 Å². The zero-order valence-corrected chi connectivity index (χ0v) is 8.38. The summed E-state index contributed by atoms with van der Waals surface area (Å²) in [7, 11) is 0. The van der Waals surface area contributed by atoms with Crippen molar-refractivity contribution in [2.45, 2.75) is 35.4 Å². The molecule has 0 radical (unpaired) electrons. The van der Waals surface area contributed by atoms with E-state index in [1.807, 2.05) is 0 Å². The minimum absolute atomic E-state index is 0.146. The third kappa shape index (κ3) is 1.66. The largest absolute Gasteiger partial charge is 0.296 e. The molecular weight excluding hydrogens is 206 g/mol. The van der Waals surface area contributed by atoms with E-state index in [1.165, 1.54) is 0 Å². The maximum atomic E-state index is 11.3. The Hall–Kier alpha value is 0.540. The molecule has 1 aliphatic carbocycles. The molecule has 0 bridgehead atoms. The number of hydrogen-bond donors (Lipinski definition) is 0. The monoisotopic (exact) mass is 214 g/mol. The molecule has 3 atom stereocenters. The molecule has 0 heterocycles. The molecule has 11 heavy (non-hydrogen) atoms. The maximum Gasteiger partial charge on any atom is 0.172 e. The van der Waals surface area contributed by atoms with Gasteiger partial charge >= 0.3 is 0 Å². The Kier molecular flexibility index (Phi) is 2.73. The van der Waals surface area contributed by atoms with Crippen LogP contribution in [-0.2, 0) is 4.79 Å². The van der Waals surface area contributed by atoms with Crippen molar-refractivity contribution in [3.05, 3.63) is 0 Å². The Morgan fingerprint density at radius 1 is 1.45 bits per heavy atom. The highest BCUT2D eigenvalue weighted by atomic mass is 35.5. The molecule has 1 saturated carbocycles. The first-order valence-corrected chi connectivity index (χ1v) is 4.72. The van der Waals surface area contributed by atoms with Crippen molar-refractivity contribution in [2.24, 2.45) is 0 Å². The summed E-state index contributed by atoms with van der Waals surface area (Å²) in [5, 5.41) is -0.737. The summed E-state index contributed by atoms with van der Waals surface area (Å²) in [5.74, 6) is -0.146. The minimum atomic E-state index is -0.966. The number of halogens is 3. The lowest BCUT2D eigenvalue weighted by Gasteiger charge is -2.32. The van der Waals surface area contributed by atoms with Crippen molar-refractivity contribution in [1.29, 1.82) is 0 Å². The van der Waals surface area contributed by atoms with E-state index in [0.29, 0.717) is 12.8 Å². The molecule has 0 N–H and O–H groups in total. The van der Waals surface area contributed by atoms with Crippen LogP contribution in [0.2, 0.25) is 0 Å². The van der Waals surface area contributed by atoms with E-state index in [2.05, 4.69) is 0 Å². The lowest BCUT2D eigenvalue weighted by molar-refractivity contribution is -0.122. The van der Waals surface area contributed by atoms with Gasteiger partial charge in [0, 0.05) is 0 Å². The molecule has 0 aromatic heterocycles. The average molecular weight is 216 g/mol. The van der Waals surface area contributed by atoms with Gasteiger partial charge in [-0.1, -0.05) is 0 Å². The number of carbonyl (C=O) groups is 1. The van der Waals surface area contributed by atoms with Crippen LogP contribution in [0.5, 0.6) is 0 Å². The second-order valence-corrected chi connectivity index (χ2v) is 4.79. The minimum Gasteiger partial charge on any atom is -0.296 e. The predicted octanol–water partition coefficient (Wildman–Crippen LogP) is 2.56. The van der Waals surface area contributed by atoms with Crippen molar-refractivity contribution >= 4 is 40.6 Å². The van der Waals surface area contributed by atoms with Gasteiger partial charge in [0.1, 0.15) is 4.87 Å². The lowest BCUT2D eigenvalue weighted by atomic mass is 9.88. The topological polar surface area (TPSA) is 17.1 Å². The average Bonchev–Trinajstić information content (AvgIpc) is 1.95. The first-order valence-electron chi connectivity index (χ1n) is 3.47. The standard InChI is InChI=1S/C7H9Cl3O/c1-7(10)5(9)3-2-4(8)6(7)11/h4-5H,2-3H2,1H3. The molecule has 0 saturated heterocycles. The second kappa shape index (κ2) is 3.12. The van der Waals surface area contributed by atoms with Crippen LogP contribution in [0.25, 0.3) is 0 Å². The third-order valence-corrected chi connectivity index (χ3v) is 3.66. The van der Waals surface area contributed by atoms with Crippen LogP contribution in [0.3, 0.4) is 0 Å². The molecule has 0 aromatic rings. The fourth-order valence-electron chi connectivity index (χ4n) is 1.16. The number of hydrogen-bond acceptors (Lipinski definition) is 1. The number of carbonyl (C=O) groups excluding carboxylic acids is 1. The summed E-state index contributed by atoms with van der Waals surface area (Å²) in [5.41, 5.74) is 0. The molecule has 0 spiro atoms. The van der Waals surface area contributed by atoms with E-state index in [4.69, 9.17) is 34.8 Å². The number of alkyl halides is 3. The van der Waals surface area contributed by atoms with E-state index >= 15 is 0 Å². The van der Waals surface area contributed by atoms with Crippen molar-refractivity contribution in [2.75, 3.05) is 0 Å². The van der Waals surface area contributed by atoms with Gasteiger partial charge in [0.25, 0.3) is 0 Å². The van der Waals surface area contributed by atoms with Gasteiger partial charge in [0.05, 0.1) is 10.8 Å². The lowest BCUT2D eigenvalue weighted by Crippen LogP contribution is -2.47. The summed E-state index contributed by atoms with van der Waals surface area (Å²) in [4.78, 5) is 10.3. The van der Waals surface area contributed by atoms with Gasteiger partial charge < -0.3 is 0 Å². The van der Waals surface area contributed by atoms with E-state index in [9.17, 15) is 4.79 Å². The molecule has 1 nitrogen and oxygen atoms in total. The molecule has 0 amide bonds. The SMILES string of the molecule is CC1(Cl)C(=O)C(Cl)CCC1Cl. The van der Waals surface area contributed by atoms with Gasteiger partial charge in [0.15, 0.2) is 5.78 Å². The fourth-order valence-corrected chi connectivity index (χ4v) is 2.04. The zero-order valence-electron chi connectivity index (χ0n) is 6.11. The summed E-state index contributed by atoms with van der Waals surface area (Å²) in [6.45, 7) is 1.63. The number of rotatable bonds is 0. The molecule has 1 rings (SSSR count). The van der Waals surface area contributed by atoms with Crippen molar-refractivity contribution in [1.82, 2.24) is 0 Å². The zero-order chi connectivity index (χ0) is 8.65. The highest BCUT2D eigenvalue weighted by Crippen LogP contribution is 2.36. The molecule has 0 aromatic carbocycles. The van der Waals surface area contributed by atoms with E-state index < -0.39 is 10.3 Å². The summed E-state index contributed by atoms with van der Waals surface area (Å²) < 4.78 is 0. The molecule has 4 heteroatoms. The quantitative estimate of drug-likeness (QED) is 0.568. The maximum absolute atomic E-state index is 11.3. The normalized spacial score (nSPS) is 46.0. The first kappa shape index (κ1) is 9.63. The van der Waals surface area contributed by atoms with Crippen molar-refractivity contribution in [3.8, 4) is 0 Å². The number of Topliss-reactive ketones (excluding diaryl/α,β-unsaturated/α-hetero) is 1. The first-order chi connectivity index (χ1) is 4.96. The Morgan fingerprint density at radius 3 is 2.45 bits per heavy atom. The summed E-state index contributed by atoms with van der Waals surface area (Å²) in [6, 6.07) is 0. The van der Waals surface area contributed by atoms with E-state index in [1.54, 1.807) is 6.92 Å². The smallest absolute Gasteiger partial charge is 0.172 e. The van der Waals surface area contributed by atoms with E-state index in [0.717, 1.165) is 0 Å². The van der Waals surface area contributed by atoms with Gasteiger partial charge in [0.2, 0.25) is 0 Å². The van der Waals surface area contributed by atoms with Crippen LogP contribution in [-0.4, -0.2) is 21.4 Å².